The van der Waals surface area contributed by atoms with Gasteiger partial charge in [-0.05, 0) is 77.6 Å². The van der Waals surface area contributed by atoms with Crippen molar-refractivity contribution in [3.63, 3.8) is 0 Å². The molecular formula is C13H18I2O4. The summed E-state index contributed by atoms with van der Waals surface area (Å²) < 4.78 is 18.3. The van der Waals surface area contributed by atoms with Crippen LogP contribution >= 0.6 is 45.2 Å². The smallest absolute Gasteiger partial charge is 0.197 e. The van der Waals surface area contributed by atoms with E-state index in [0.717, 1.165) is 12.7 Å². The first-order valence-electron chi connectivity index (χ1n) is 5.94. The largest absolute Gasteiger partial charge is 0.492 e. The van der Waals surface area contributed by atoms with E-state index in [2.05, 4.69) is 45.2 Å². The fourth-order valence-electron chi connectivity index (χ4n) is 1.64. The zero-order valence-electron chi connectivity index (χ0n) is 11.4. The van der Waals surface area contributed by atoms with Gasteiger partial charge in [0, 0.05) is 6.61 Å². The number of rotatable bonds is 6. The first-order valence-corrected chi connectivity index (χ1v) is 8.10. The standard InChI is InChI=1S/C13H18I2O4/c1-5-18-8(3)19-12-10(14)6-9(7(2)16)11(15)13(12)17-4/h6-8,16H,5H2,1-4H3. The van der Waals surface area contributed by atoms with Crippen LogP contribution in [0.15, 0.2) is 6.07 Å². The highest BCUT2D eigenvalue weighted by molar-refractivity contribution is 14.1. The van der Waals surface area contributed by atoms with Crippen molar-refractivity contribution in [2.75, 3.05) is 13.7 Å². The first kappa shape index (κ1) is 17.3. The van der Waals surface area contributed by atoms with E-state index in [1.54, 1.807) is 14.0 Å². The molecule has 1 aromatic rings. The topological polar surface area (TPSA) is 47.9 Å². The van der Waals surface area contributed by atoms with Gasteiger partial charge >= 0.3 is 0 Å². The number of benzene rings is 1. The zero-order chi connectivity index (χ0) is 14.6. The van der Waals surface area contributed by atoms with E-state index < -0.39 is 6.10 Å². The third-order valence-electron chi connectivity index (χ3n) is 2.50. The summed E-state index contributed by atoms with van der Waals surface area (Å²) in [6, 6.07) is 1.91. The molecule has 0 bridgehead atoms. The summed E-state index contributed by atoms with van der Waals surface area (Å²) in [5.41, 5.74) is 0.832. The van der Waals surface area contributed by atoms with Gasteiger partial charge in [0.1, 0.15) is 0 Å². The highest BCUT2D eigenvalue weighted by Crippen LogP contribution is 2.41. The minimum atomic E-state index is -0.548. The Labute approximate surface area is 141 Å². The van der Waals surface area contributed by atoms with Crippen LogP contribution in [0.1, 0.15) is 32.4 Å². The van der Waals surface area contributed by atoms with E-state index in [1.807, 2.05) is 19.9 Å². The lowest BCUT2D eigenvalue weighted by Crippen LogP contribution is -2.17. The van der Waals surface area contributed by atoms with Gasteiger partial charge in [0.05, 0.1) is 20.4 Å². The molecule has 6 heteroatoms. The van der Waals surface area contributed by atoms with E-state index in [-0.39, 0.29) is 6.29 Å². The van der Waals surface area contributed by atoms with Crippen LogP contribution in [0.3, 0.4) is 0 Å². The molecule has 0 amide bonds. The number of hydrogen-bond acceptors (Lipinski definition) is 4. The molecule has 108 valence electrons. The molecule has 0 aliphatic carbocycles. The minimum absolute atomic E-state index is 0.347. The van der Waals surface area contributed by atoms with Crippen molar-refractivity contribution in [1.82, 2.24) is 0 Å². The van der Waals surface area contributed by atoms with Gasteiger partial charge in [0.2, 0.25) is 0 Å². The van der Waals surface area contributed by atoms with Crippen LogP contribution in [-0.4, -0.2) is 25.1 Å². The molecule has 0 aromatic heterocycles. The Hall–Kier alpha value is 0.200. The Morgan fingerprint density at radius 3 is 2.37 bits per heavy atom. The summed E-state index contributed by atoms with van der Waals surface area (Å²) in [5.74, 6) is 1.29. The second-order valence-electron chi connectivity index (χ2n) is 3.94. The molecule has 0 spiro atoms. The van der Waals surface area contributed by atoms with Gasteiger partial charge < -0.3 is 19.3 Å². The Balaban J connectivity index is 3.21. The normalized spacial score (nSPS) is 14.1. The number of methoxy groups -OCH3 is 1. The molecule has 19 heavy (non-hydrogen) atoms. The summed E-state index contributed by atoms with van der Waals surface area (Å²) in [7, 11) is 1.59. The second-order valence-corrected chi connectivity index (χ2v) is 6.18. The van der Waals surface area contributed by atoms with E-state index in [0.29, 0.717) is 18.1 Å². The van der Waals surface area contributed by atoms with Gasteiger partial charge in [-0.15, -0.1) is 0 Å². The Bertz CT molecular complexity index is 435. The third kappa shape index (κ3) is 4.33. The van der Waals surface area contributed by atoms with Gasteiger partial charge in [0.25, 0.3) is 0 Å². The maximum absolute atomic E-state index is 9.78. The third-order valence-corrected chi connectivity index (χ3v) is 4.41. The molecule has 4 nitrogen and oxygen atoms in total. The van der Waals surface area contributed by atoms with E-state index in [4.69, 9.17) is 14.2 Å². The number of aliphatic hydroxyl groups excluding tert-OH is 1. The number of hydrogen-bond donors (Lipinski definition) is 1. The fraction of sp³-hybridized carbons (Fsp3) is 0.538. The summed E-state index contributed by atoms with van der Waals surface area (Å²) in [5, 5.41) is 9.78. The van der Waals surface area contributed by atoms with Gasteiger partial charge in [-0.3, -0.25) is 0 Å². The number of ether oxygens (including phenoxy) is 3. The molecule has 0 saturated carbocycles. The molecule has 0 aliphatic heterocycles. The van der Waals surface area contributed by atoms with Crippen molar-refractivity contribution >= 4 is 45.2 Å². The minimum Gasteiger partial charge on any atom is -0.492 e. The second kappa shape index (κ2) is 7.84. The van der Waals surface area contributed by atoms with Gasteiger partial charge in [0.15, 0.2) is 17.8 Å². The maximum Gasteiger partial charge on any atom is 0.197 e. The van der Waals surface area contributed by atoms with E-state index in [9.17, 15) is 5.11 Å². The number of halogens is 2. The van der Waals surface area contributed by atoms with Crippen molar-refractivity contribution < 1.29 is 19.3 Å². The summed E-state index contributed by atoms with van der Waals surface area (Å²) in [6.45, 7) is 6.08. The molecule has 0 aliphatic rings. The van der Waals surface area contributed by atoms with Crippen molar-refractivity contribution in [1.29, 1.82) is 0 Å². The molecular weight excluding hydrogens is 474 g/mol. The van der Waals surface area contributed by atoms with Crippen LogP contribution in [0.2, 0.25) is 0 Å². The van der Waals surface area contributed by atoms with Crippen LogP contribution in [0.25, 0.3) is 0 Å². The van der Waals surface area contributed by atoms with Crippen LogP contribution in [0.4, 0.5) is 0 Å². The Kier molecular flexibility index (Phi) is 7.12. The molecule has 0 radical (unpaired) electrons. The molecule has 0 fully saturated rings. The predicted molar refractivity (Wildman–Crippen MR) is 90.8 cm³/mol. The highest BCUT2D eigenvalue weighted by Gasteiger charge is 2.21. The average molecular weight is 492 g/mol. The molecule has 1 rings (SSSR count). The molecule has 1 aromatic carbocycles. The van der Waals surface area contributed by atoms with Gasteiger partial charge in [-0.1, -0.05) is 0 Å². The first-order chi connectivity index (χ1) is 8.92. The highest BCUT2D eigenvalue weighted by atomic mass is 127. The molecule has 2 atom stereocenters. The van der Waals surface area contributed by atoms with Crippen molar-refractivity contribution in [3.05, 3.63) is 18.8 Å². The quantitative estimate of drug-likeness (QED) is 0.486. The van der Waals surface area contributed by atoms with Crippen LogP contribution in [-0.2, 0) is 4.74 Å². The Morgan fingerprint density at radius 1 is 1.26 bits per heavy atom. The summed E-state index contributed by atoms with van der Waals surface area (Å²) in [4.78, 5) is 0. The van der Waals surface area contributed by atoms with E-state index in [1.165, 1.54) is 0 Å². The fourth-order valence-corrected chi connectivity index (χ4v) is 3.41. The SMILES string of the molecule is CCOC(C)Oc1c(I)cc(C(C)O)c(I)c1OC. The Morgan fingerprint density at radius 2 is 1.89 bits per heavy atom. The summed E-state index contributed by atoms with van der Waals surface area (Å²) in [6.07, 6.45) is -0.895. The lowest BCUT2D eigenvalue weighted by molar-refractivity contribution is -0.0628. The summed E-state index contributed by atoms with van der Waals surface area (Å²) >= 11 is 4.33. The van der Waals surface area contributed by atoms with Gasteiger partial charge in [-0.25, -0.2) is 0 Å². The van der Waals surface area contributed by atoms with Gasteiger partial charge in [-0.2, -0.15) is 0 Å². The monoisotopic (exact) mass is 492 g/mol. The number of aliphatic hydroxyl groups is 1. The molecule has 0 heterocycles. The predicted octanol–water partition coefficient (Wildman–Crippen LogP) is 3.72. The lowest BCUT2D eigenvalue weighted by atomic mass is 10.1. The molecule has 0 saturated heterocycles. The zero-order valence-corrected chi connectivity index (χ0v) is 15.7. The van der Waals surface area contributed by atoms with Crippen molar-refractivity contribution in [2.24, 2.45) is 0 Å². The maximum atomic E-state index is 9.78. The van der Waals surface area contributed by atoms with Crippen molar-refractivity contribution in [2.45, 2.75) is 33.2 Å². The average Bonchev–Trinajstić information content (AvgIpc) is 2.33. The van der Waals surface area contributed by atoms with Crippen molar-refractivity contribution in [3.8, 4) is 11.5 Å². The van der Waals surface area contributed by atoms with E-state index >= 15 is 0 Å². The van der Waals surface area contributed by atoms with Crippen LogP contribution < -0.4 is 9.47 Å². The molecule has 2 unspecified atom stereocenters. The molecule has 1 N–H and O–H groups in total. The van der Waals surface area contributed by atoms with Crippen LogP contribution in [0.5, 0.6) is 11.5 Å². The lowest BCUT2D eigenvalue weighted by Gasteiger charge is -2.21. The van der Waals surface area contributed by atoms with Crippen LogP contribution in [0, 0.1) is 7.14 Å².